The first-order chi connectivity index (χ1) is 14.8. The zero-order valence-electron chi connectivity index (χ0n) is 18.1. The van der Waals surface area contributed by atoms with E-state index in [4.69, 9.17) is 0 Å². The van der Waals surface area contributed by atoms with Crippen LogP contribution in [0.4, 0.5) is 5.69 Å². The van der Waals surface area contributed by atoms with Crippen molar-refractivity contribution in [2.45, 2.75) is 38.1 Å². The van der Waals surface area contributed by atoms with Gasteiger partial charge in [-0.25, -0.2) is 8.42 Å². The van der Waals surface area contributed by atoms with Crippen LogP contribution >= 0.6 is 0 Å². The van der Waals surface area contributed by atoms with Crippen molar-refractivity contribution in [1.82, 2.24) is 5.32 Å². The second kappa shape index (κ2) is 9.79. The van der Waals surface area contributed by atoms with Gasteiger partial charge in [0.25, 0.3) is 10.0 Å². The molecule has 3 aromatic rings. The van der Waals surface area contributed by atoms with E-state index in [-0.39, 0.29) is 23.4 Å². The first-order valence-electron chi connectivity index (χ1n) is 10.3. The van der Waals surface area contributed by atoms with Gasteiger partial charge in [-0.1, -0.05) is 67.6 Å². The van der Waals surface area contributed by atoms with Gasteiger partial charge < -0.3 is 5.32 Å². The molecule has 6 heteroatoms. The number of carbonyl (C=O) groups is 1. The molecule has 1 atom stereocenters. The molecule has 0 bridgehead atoms. The van der Waals surface area contributed by atoms with Gasteiger partial charge in [0, 0.05) is 0 Å². The van der Waals surface area contributed by atoms with Gasteiger partial charge in [0.1, 0.15) is 6.54 Å². The first-order valence-corrected chi connectivity index (χ1v) is 11.8. The fourth-order valence-corrected chi connectivity index (χ4v) is 5.00. The Morgan fingerprint density at radius 2 is 1.52 bits per heavy atom. The van der Waals surface area contributed by atoms with Crippen LogP contribution in [0.2, 0.25) is 0 Å². The minimum Gasteiger partial charge on any atom is -0.348 e. The molecule has 0 spiro atoms. The maximum Gasteiger partial charge on any atom is 0.264 e. The molecule has 3 aromatic carbocycles. The number of aryl methyl sites for hydroxylation is 1. The number of nitrogens with zero attached hydrogens (tertiary/aromatic N) is 1. The molecule has 0 radical (unpaired) electrons. The summed E-state index contributed by atoms with van der Waals surface area (Å²) >= 11 is 0. The van der Waals surface area contributed by atoms with Crippen LogP contribution in [0.15, 0.2) is 83.8 Å². The molecule has 1 unspecified atom stereocenters. The van der Waals surface area contributed by atoms with E-state index in [2.05, 4.69) is 5.32 Å². The summed E-state index contributed by atoms with van der Waals surface area (Å²) < 4.78 is 28.2. The molecule has 5 nitrogen and oxygen atoms in total. The van der Waals surface area contributed by atoms with E-state index in [1.165, 1.54) is 4.31 Å². The van der Waals surface area contributed by atoms with Crippen molar-refractivity contribution in [3.63, 3.8) is 0 Å². The SMILES string of the molecule is CCC(NC(=O)CN(c1cccc(C)c1C)S(=O)(=O)c1ccccc1)c1ccccc1. The predicted octanol–water partition coefficient (Wildman–Crippen LogP) is 4.77. The molecule has 162 valence electrons. The topological polar surface area (TPSA) is 66.5 Å². The monoisotopic (exact) mass is 436 g/mol. The number of carbonyl (C=O) groups excluding carboxylic acids is 1. The fraction of sp³-hybridized carbons (Fsp3) is 0.240. The Kier molecular flexibility index (Phi) is 7.13. The zero-order valence-corrected chi connectivity index (χ0v) is 18.9. The van der Waals surface area contributed by atoms with Gasteiger partial charge in [-0.3, -0.25) is 9.10 Å². The average Bonchev–Trinajstić information content (AvgIpc) is 2.79. The second-order valence-corrected chi connectivity index (χ2v) is 9.35. The van der Waals surface area contributed by atoms with Gasteiger partial charge in [-0.05, 0) is 55.2 Å². The molecule has 31 heavy (non-hydrogen) atoms. The number of hydrogen-bond donors (Lipinski definition) is 1. The van der Waals surface area contributed by atoms with Gasteiger partial charge in [0.15, 0.2) is 0 Å². The Morgan fingerprint density at radius 1 is 0.903 bits per heavy atom. The summed E-state index contributed by atoms with van der Waals surface area (Å²) in [6.45, 7) is 5.48. The normalized spacial score (nSPS) is 12.2. The van der Waals surface area contributed by atoms with Crippen LogP contribution in [0.25, 0.3) is 0 Å². The van der Waals surface area contributed by atoms with E-state index in [9.17, 15) is 13.2 Å². The Bertz CT molecular complexity index is 1130. The van der Waals surface area contributed by atoms with Crippen molar-refractivity contribution in [2.24, 2.45) is 0 Å². The Balaban J connectivity index is 1.95. The molecule has 0 aliphatic heterocycles. The second-order valence-electron chi connectivity index (χ2n) is 7.48. The van der Waals surface area contributed by atoms with Gasteiger partial charge in [-0.15, -0.1) is 0 Å². The lowest BCUT2D eigenvalue weighted by Gasteiger charge is -2.27. The molecule has 1 N–H and O–H groups in total. The molecule has 3 rings (SSSR count). The molecule has 1 amide bonds. The Hall–Kier alpha value is -3.12. The molecule has 0 saturated carbocycles. The van der Waals surface area contributed by atoms with Crippen LogP contribution in [-0.2, 0) is 14.8 Å². The smallest absolute Gasteiger partial charge is 0.264 e. The Labute approximate surface area is 184 Å². The van der Waals surface area contributed by atoms with Crippen molar-refractivity contribution < 1.29 is 13.2 Å². The van der Waals surface area contributed by atoms with Crippen molar-refractivity contribution >= 4 is 21.6 Å². The number of benzene rings is 3. The van der Waals surface area contributed by atoms with E-state index >= 15 is 0 Å². The van der Waals surface area contributed by atoms with Gasteiger partial charge in [0.2, 0.25) is 5.91 Å². The van der Waals surface area contributed by atoms with Crippen LogP contribution < -0.4 is 9.62 Å². The van der Waals surface area contributed by atoms with Gasteiger partial charge >= 0.3 is 0 Å². The average molecular weight is 437 g/mol. The van der Waals surface area contributed by atoms with Crippen molar-refractivity contribution in [3.05, 3.63) is 95.6 Å². The number of anilines is 1. The largest absolute Gasteiger partial charge is 0.348 e. The fourth-order valence-electron chi connectivity index (χ4n) is 3.50. The predicted molar refractivity (Wildman–Crippen MR) is 125 cm³/mol. The number of nitrogens with one attached hydrogen (secondary N) is 1. The van der Waals surface area contributed by atoms with E-state index in [0.29, 0.717) is 12.1 Å². The van der Waals surface area contributed by atoms with E-state index in [1.807, 2.05) is 63.2 Å². The summed E-state index contributed by atoms with van der Waals surface area (Å²) in [5, 5.41) is 3.00. The number of hydrogen-bond acceptors (Lipinski definition) is 3. The summed E-state index contributed by atoms with van der Waals surface area (Å²) in [4.78, 5) is 13.2. The van der Waals surface area contributed by atoms with Crippen LogP contribution in [0.5, 0.6) is 0 Å². The standard InChI is InChI=1S/C25H28N2O3S/c1-4-23(21-13-7-5-8-14-21)26-25(28)18-27(24-17-11-12-19(2)20(24)3)31(29,30)22-15-9-6-10-16-22/h5-17,23H,4,18H2,1-3H3,(H,26,28). The lowest BCUT2D eigenvalue weighted by molar-refractivity contribution is -0.120. The van der Waals surface area contributed by atoms with Crippen molar-refractivity contribution in [1.29, 1.82) is 0 Å². The zero-order chi connectivity index (χ0) is 22.4. The highest BCUT2D eigenvalue weighted by atomic mass is 32.2. The molecular formula is C25H28N2O3S. The van der Waals surface area contributed by atoms with E-state index in [0.717, 1.165) is 16.7 Å². The minimum atomic E-state index is -3.92. The summed E-state index contributed by atoms with van der Waals surface area (Å²) in [6, 6.07) is 23.2. The minimum absolute atomic E-state index is 0.152. The third-order valence-corrected chi connectivity index (χ3v) is 7.18. The molecule has 0 aromatic heterocycles. The summed E-state index contributed by atoms with van der Waals surface area (Å²) in [5.41, 5.74) is 3.28. The van der Waals surface area contributed by atoms with Gasteiger partial charge in [-0.2, -0.15) is 0 Å². The number of rotatable bonds is 8. The molecule has 0 fully saturated rings. The lowest BCUT2D eigenvalue weighted by atomic mass is 10.0. The molecule has 0 saturated heterocycles. The number of amides is 1. The van der Waals surface area contributed by atoms with Crippen molar-refractivity contribution in [3.8, 4) is 0 Å². The quantitative estimate of drug-likeness (QED) is 0.553. The maximum absolute atomic E-state index is 13.5. The molecule has 0 aliphatic carbocycles. The third kappa shape index (κ3) is 5.14. The summed E-state index contributed by atoms with van der Waals surface area (Å²) in [5.74, 6) is -0.351. The van der Waals surface area contributed by atoms with Gasteiger partial charge in [0.05, 0.1) is 16.6 Å². The van der Waals surface area contributed by atoms with Crippen LogP contribution in [0.3, 0.4) is 0 Å². The Morgan fingerprint density at radius 3 is 2.13 bits per heavy atom. The first kappa shape index (κ1) is 22.6. The molecule has 0 aliphatic rings. The highest BCUT2D eigenvalue weighted by Crippen LogP contribution is 2.28. The summed E-state index contributed by atoms with van der Waals surface area (Å²) in [6.07, 6.45) is 0.699. The molecular weight excluding hydrogens is 408 g/mol. The summed E-state index contributed by atoms with van der Waals surface area (Å²) in [7, 11) is -3.92. The van der Waals surface area contributed by atoms with Crippen molar-refractivity contribution in [2.75, 3.05) is 10.8 Å². The van der Waals surface area contributed by atoms with E-state index in [1.54, 1.807) is 36.4 Å². The number of sulfonamides is 1. The molecule has 0 heterocycles. The lowest BCUT2D eigenvalue weighted by Crippen LogP contribution is -2.42. The van der Waals surface area contributed by atoms with Crippen LogP contribution in [0.1, 0.15) is 36.1 Å². The van der Waals surface area contributed by atoms with E-state index < -0.39 is 10.0 Å². The highest BCUT2D eigenvalue weighted by Gasteiger charge is 2.29. The maximum atomic E-state index is 13.5. The highest BCUT2D eigenvalue weighted by molar-refractivity contribution is 7.92. The van der Waals surface area contributed by atoms with Crippen LogP contribution in [0, 0.1) is 13.8 Å². The van der Waals surface area contributed by atoms with Crippen LogP contribution in [-0.4, -0.2) is 20.9 Å². The third-order valence-electron chi connectivity index (χ3n) is 5.41.